The first-order valence-electron chi connectivity index (χ1n) is 8.67. The summed E-state index contributed by atoms with van der Waals surface area (Å²) in [5, 5.41) is 3.42. The number of aliphatic imine (C=N–C) groups is 1. The largest absolute Gasteiger partial charge is 0.466 e. The van der Waals surface area contributed by atoms with Crippen LogP contribution in [0.3, 0.4) is 0 Å². The van der Waals surface area contributed by atoms with Crippen LogP contribution in [-0.2, 0) is 16.0 Å². The van der Waals surface area contributed by atoms with Crippen LogP contribution in [-0.4, -0.2) is 55.1 Å². The van der Waals surface area contributed by atoms with Crippen LogP contribution in [0.2, 0.25) is 0 Å². The number of piperidine rings is 1. The summed E-state index contributed by atoms with van der Waals surface area (Å²) in [4.78, 5) is 22.5. The normalized spacial score (nSPS) is 15.5. The van der Waals surface area contributed by atoms with Gasteiger partial charge in [-0.1, -0.05) is 0 Å². The Kier molecular flexibility index (Phi) is 9.77. The summed E-state index contributed by atoms with van der Waals surface area (Å²) in [6.07, 6.45) is 6.31. The number of guanidine groups is 1. The maximum atomic E-state index is 11.8. The first-order valence-corrected chi connectivity index (χ1v) is 8.67. The van der Waals surface area contributed by atoms with Crippen LogP contribution in [0.4, 0.5) is 0 Å². The van der Waals surface area contributed by atoms with Gasteiger partial charge in [0, 0.05) is 39.1 Å². The molecule has 0 atom stereocenters. The van der Waals surface area contributed by atoms with Crippen molar-refractivity contribution in [2.45, 2.75) is 33.1 Å². The Morgan fingerprint density at radius 3 is 2.76 bits per heavy atom. The summed E-state index contributed by atoms with van der Waals surface area (Å²) >= 11 is 0. The molecule has 25 heavy (non-hydrogen) atoms. The molecule has 1 aliphatic heterocycles. The van der Waals surface area contributed by atoms with Gasteiger partial charge in [-0.2, -0.15) is 0 Å². The summed E-state index contributed by atoms with van der Waals surface area (Å²) in [6.45, 7) is 6.88. The van der Waals surface area contributed by atoms with Crippen molar-refractivity contribution in [3.05, 3.63) is 29.6 Å². The molecule has 1 aromatic rings. The van der Waals surface area contributed by atoms with Gasteiger partial charge in [0.2, 0.25) is 0 Å². The topological polar surface area (TPSA) is 66.8 Å². The van der Waals surface area contributed by atoms with Crippen molar-refractivity contribution in [3.63, 3.8) is 0 Å². The predicted molar refractivity (Wildman–Crippen MR) is 110 cm³/mol. The molecule has 1 aromatic heterocycles. The molecule has 140 valence electrons. The molecule has 2 heterocycles. The third-order valence-corrected chi connectivity index (χ3v) is 4.44. The number of pyridine rings is 1. The highest BCUT2D eigenvalue weighted by molar-refractivity contribution is 14.0. The van der Waals surface area contributed by atoms with Crippen molar-refractivity contribution >= 4 is 35.9 Å². The van der Waals surface area contributed by atoms with Crippen molar-refractivity contribution in [1.82, 2.24) is 15.2 Å². The summed E-state index contributed by atoms with van der Waals surface area (Å²) in [5.41, 5.74) is 2.51. The molecule has 7 heteroatoms. The zero-order valence-corrected chi connectivity index (χ0v) is 17.7. The third-order valence-electron chi connectivity index (χ3n) is 4.44. The Labute approximate surface area is 167 Å². The molecule has 0 aliphatic carbocycles. The van der Waals surface area contributed by atoms with Crippen molar-refractivity contribution < 1.29 is 9.53 Å². The number of esters is 1. The van der Waals surface area contributed by atoms with Crippen molar-refractivity contribution in [1.29, 1.82) is 0 Å². The number of halogens is 1. The zero-order chi connectivity index (χ0) is 17.4. The fourth-order valence-electron chi connectivity index (χ4n) is 3.01. The molecule has 2 rings (SSSR count). The van der Waals surface area contributed by atoms with Crippen LogP contribution in [0.15, 0.2) is 23.5 Å². The molecule has 1 fully saturated rings. The Morgan fingerprint density at radius 1 is 1.44 bits per heavy atom. The predicted octanol–water partition coefficient (Wildman–Crippen LogP) is 2.40. The molecule has 1 saturated heterocycles. The van der Waals surface area contributed by atoms with Gasteiger partial charge in [-0.3, -0.25) is 14.8 Å². The number of rotatable bonds is 5. The van der Waals surface area contributed by atoms with Gasteiger partial charge in [-0.25, -0.2) is 0 Å². The van der Waals surface area contributed by atoms with E-state index in [1.807, 2.05) is 19.3 Å². The van der Waals surface area contributed by atoms with Gasteiger partial charge < -0.3 is 15.0 Å². The standard InChI is InChI=1S/C18H28N4O2.HI/c1-4-24-17(23)16-7-11-22(12-8-16)18(19-3)21-10-6-15-5-9-20-13-14(15)2;/h5,9,13,16H,4,6-8,10-12H2,1-3H3,(H,19,21);1H. The number of nitrogens with zero attached hydrogens (tertiary/aromatic N) is 3. The minimum absolute atomic E-state index is 0. The van der Waals surface area contributed by atoms with Crippen LogP contribution in [0.25, 0.3) is 0 Å². The van der Waals surface area contributed by atoms with Crippen LogP contribution >= 0.6 is 24.0 Å². The van der Waals surface area contributed by atoms with Gasteiger partial charge in [0.15, 0.2) is 5.96 Å². The van der Waals surface area contributed by atoms with Gasteiger partial charge in [0.1, 0.15) is 0 Å². The maximum Gasteiger partial charge on any atom is 0.309 e. The Hall–Kier alpha value is -1.38. The van der Waals surface area contributed by atoms with Gasteiger partial charge >= 0.3 is 5.97 Å². The lowest BCUT2D eigenvalue weighted by Crippen LogP contribution is -2.47. The van der Waals surface area contributed by atoms with Gasteiger partial charge in [-0.15, -0.1) is 24.0 Å². The SMILES string of the molecule is CCOC(=O)C1CCN(C(=NC)NCCc2ccncc2C)CC1.I. The van der Waals surface area contributed by atoms with Gasteiger partial charge in [0.25, 0.3) is 0 Å². The third kappa shape index (κ3) is 6.45. The number of likely N-dealkylation sites (tertiary alicyclic amines) is 1. The van der Waals surface area contributed by atoms with Crippen LogP contribution in [0, 0.1) is 12.8 Å². The molecule has 0 amide bonds. The first-order chi connectivity index (χ1) is 11.7. The van der Waals surface area contributed by atoms with Crippen LogP contribution < -0.4 is 5.32 Å². The Balaban J connectivity index is 0.00000312. The van der Waals surface area contributed by atoms with E-state index in [9.17, 15) is 4.79 Å². The Morgan fingerprint density at radius 2 is 2.16 bits per heavy atom. The number of hydrogen-bond acceptors (Lipinski definition) is 4. The first kappa shape index (κ1) is 21.7. The molecule has 0 unspecified atom stereocenters. The number of aryl methyl sites for hydroxylation is 1. The molecular formula is C18H29IN4O2. The van der Waals surface area contributed by atoms with E-state index in [1.54, 1.807) is 7.05 Å². The molecule has 0 saturated carbocycles. The quantitative estimate of drug-likeness (QED) is 0.317. The highest BCUT2D eigenvalue weighted by atomic mass is 127. The van der Waals surface area contributed by atoms with Crippen molar-refractivity contribution in [3.8, 4) is 0 Å². The zero-order valence-electron chi connectivity index (χ0n) is 15.3. The molecule has 0 spiro atoms. The highest BCUT2D eigenvalue weighted by Gasteiger charge is 2.27. The maximum absolute atomic E-state index is 11.8. The minimum atomic E-state index is -0.0618. The molecule has 0 aromatic carbocycles. The number of ether oxygens (including phenoxy) is 1. The lowest BCUT2D eigenvalue weighted by molar-refractivity contribution is -0.149. The second kappa shape index (κ2) is 11.3. The second-order valence-corrected chi connectivity index (χ2v) is 6.04. The molecular weight excluding hydrogens is 431 g/mol. The monoisotopic (exact) mass is 460 g/mol. The van der Waals surface area contributed by atoms with E-state index in [2.05, 4.69) is 33.2 Å². The summed E-state index contributed by atoms with van der Waals surface area (Å²) in [6, 6.07) is 2.06. The number of hydrogen-bond donors (Lipinski definition) is 1. The summed E-state index contributed by atoms with van der Waals surface area (Å²) in [7, 11) is 1.80. The average Bonchev–Trinajstić information content (AvgIpc) is 2.61. The van der Waals surface area contributed by atoms with Crippen molar-refractivity contribution in [2.75, 3.05) is 33.3 Å². The fraction of sp³-hybridized carbons (Fsp3) is 0.611. The van der Waals surface area contributed by atoms with Crippen LogP contribution in [0.1, 0.15) is 30.9 Å². The summed E-state index contributed by atoms with van der Waals surface area (Å²) in [5.74, 6) is 0.871. The van der Waals surface area contributed by atoms with Crippen molar-refractivity contribution in [2.24, 2.45) is 10.9 Å². The van der Waals surface area contributed by atoms with E-state index in [1.165, 1.54) is 11.1 Å². The fourth-order valence-corrected chi connectivity index (χ4v) is 3.01. The molecule has 0 radical (unpaired) electrons. The lowest BCUT2D eigenvalue weighted by Gasteiger charge is -2.33. The molecule has 6 nitrogen and oxygen atoms in total. The number of aromatic nitrogens is 1. The number of nitrogens with one attached hydrogen (secondary N) is 1. The van der Waals surface area contributed by atoms with E-state index in [4.69, 9.17) is 4.74 Å². The van der Waals surface area contributed by atoms with E-state index >= 15 is 0 Å². The number of carbonyl (C=O) groups is 1. The molecule has 1 N–H and O–H groups in total. The van der Waals surface area contributed by atoms with Gasteiger partial charge in [0.05, 0.1) is 12.5 Å². The second-order valence-electron chi connectivity index (χ2n) is 6.04. The smallest absolute Gasteiger partial charge is 0.309 e. The average molecular weight is 460 g/mol. The van der Waals surface area contributed by atoms with Gasteiger partial charge in [-0.05, 0) is 50.3 Å². The van der Waals surface area contributed by atoms with E-state index in [0.29, 0.717) is 6.61 Å². The van der Waals surface area contributed by atoms with E-state index < -0.39 is 0 Å². The van der Waals surface area contributed by atoms with E-state index in [0.717, 1.165) is 44.9 Å². The summed E-state index contributed by atoms with van der Waals surface area (Å²) < 4.78 is 5.12. The molecule has 1 aliphatic rings. The number of carbonyl (C=O) groups excluding carboxylic acids is 1. The Bertz CT molecular complexity index is 572. The lowest BCUT2D eigenvalue weighted by atomic mass is 9.97. The van der Waals surface area contributed by atoms with E-state index in [-0.39, 0.29) is 35.9 Å². The highest BCUT2D eigenvalue weighted by Crippen LogP contribution is 2.18. The minimum Gasteiger partial charge on any atom is -0.466 e. The molecule has 0 bridgehead atoms. The van der Waals surface area contributed by atoms with Crippen LogP contribution in [0.5, 0.6) is 0 Å².